The number of Topliss-reactive ketones (excluding diaryl/α,β-unsaturated/α-hetero) is 1. The van der Waals surface area contributed by atoms with Crippen LogP contribution in [-0.4, -0.2) is 27.9 Å². The smallest absolute Gasteiger partial charge is 0.358 e. The average molecular weight is 427 g/mol. The molecule has 6 nitrogen and oxygen atoms in total. The first kappa shape index (κ1) is 21.8. The Kier molecular flexibility index (Phi) is 6.72. The van der Waals surface area contributed by atoms with Crippen molar-refractivity contribution in [3.63, 3.8) is 0 Å². The van der Waals surface area contributed by atoms with Crippen molar-refractivity contribution < 1.29 is 19.1 Å². The molecule has 0 spiro atoms. The molecule has 2 aromatic heterocycles. The Hall–Kier alpha value is -2.93. The number of hydrogen-bond donors (Lipinski definition) is 0. The summed E-state index contributed by atoms with van der Waals surface area (Å²) in [5.74, 6) is -0.0927. The number of benzene rings is 1. The lowest BCUT2D eigenvalue weighted by Crippen LogP contribution is -2.15. The van der Waals surface area contributed by atoms with Gasteiger partial charge in [-0.05, 0) is 52.8 Å². The molecule has 0 N–H and O–H groups in total. The minimum absolute atomic E-state index is 0.183. The van der Waals surface area contributed by atoms with E-state index in [0.717, 1.165) is 22.7 Å². The molecule has 0 bridgehead atoms. The summed E-state index contributed by atoms with van der Waals surface area (Å²) < 4.78 is 13.0. The number of hydrogen-bond acceptors (Lipinski definition) is 6. The molecule has 0 saturated carbocycles. The second-order valence-electron chi connectivity index (χ2n) is 7.48. The Balaban J connectivity index is 1.56. The van der Waals surface area contributed by atoms with Gasteiger partial charge in [-0.15, -0.1) is 11.3 Å². The molecule has 0 unspecified atom stereocenters. The summed E-state index contributed by atoms with van der Waals surface area (Å²) >= 11 is 1.32. The number of aryl methyl sites for hydroxylation is 2. The zero-order valence-corrected chi connectivity index (χ0v) is 18.7. The molecular formula is C23H26N2O4S. The molecule has 3 rings (SSSR count). The predicted octanol–water partition coefficient (Wildman–Crippen LogP) is 5.07. The Bertz CT molecular complexity index is 1050. The van der Waals surface area contributed by atoms with Crippen LogP contribution in [0.4, 0.5) is 0 Å². The van der Waals surface area contributed by atoms with E-state index >= 15 is 0 Å². The second kappa shape index (κ2) is 9.26. The number of thiazole rings is 1. The number of aromatic nitrogens is 2. The summed E-state index contributed by atoms with van der Waals surface area (Å²) in [4.78, 5) is 29.1. The van der Waals surface area contributed by atoms with Crippen LogP contribution >= 0.6 is 11.3 Å². The van der Waals surface area contributed by atoms with E-state index in [1.807, 2.05) is 51.1 Å². The fraction of sp³-hybridized carbons (Fsp3) is 0.348. The van der Waals surface area contributed by atoms with Crippen LogP contribution in [0.2, 0.25) is 0 Å². The van der Waals surface area contributed by atoms with Crippen molar-refractivity contribution in [3.05, 3.63) is 68.9 Å². The molecule has 0 saturated heterocycles. The van der Waals surface area contributed by atoms with Crippen LogP contribution in [-0.2, 0) is 11.3 Å². The zero-order valence-electron chi connectivity index (χ0n) is 17.9. The first-order valence-electron chi connectivity index (χ1n) is 9.79. The van der Waals surface area contributed by atoms with Crippen molar-refractivity contribution in [2.24, 2.45) is 0 Å². The van der Waals surface area contributed by atoms with Gasteiger partial charge < -0.3 is 14.0 Å². The van der Waals surface area contributed by atoms with Gasteiger partial charge in [0, 0.05) is 28.4 Å². The minimum atomic E-state index is -0.612. The van der Waals surface area contributed by atoms with Gasteiger partial charge in [-0.1, -0.05) is 17.7 Å². The van der Waals surface area contributed by atoms with Gasteiger partial charge in [0.15, 0.2) is 12.3 Å². The van der Waals surface area contributed by atoms with Crippen LogP contribution in [0.1, 0.15) is 62.7 Å². The van der Waals surface area contributed by atoms with Crippen molar-refractivity contribution in [1.29, 1.82) is 0 Å². The molecule has 0 atom stereocenters. The van der Waals surface area contributed by atoms with Crippen LogP contribution in [0.5, 0.6) is 5.75 Å². The lowest BCUT2D eigenvalue weighted by molar-refractivity contribution is 0.0469. The molecule has 3 aromatic rings. The largest absolute Gasteiger partial charge is 0.486 e. The molecule has 0 radical (unpaired) electrons. The SMILES string of the molecule is Cc1ccc(OCc2nc(C(=O)OCC(=O)c3cc(C)n(C(C)C)c3C)cs2)cc1. The summed E-state index contributed by atoms with van der Waals surface area (Å²) in [5, 5.41) is 2.28. The van der Waals surface area contributed by atoms with Crippen LogP contribution < -0.4 is 4.74 Å². The van der Waals surface area contributed by atoms with E-state index < -0.39 is 5.97 Å². The van der Waals surface area contributed by atoms with Gasteiger partial charge >= 0.3 is 5.97 Å². The lowest BCUT2D eigenvalue weighted by atomic mass is 10.1. The van der Waals surface area contributed by atoms with Gasteiger partial charge in [-0.2, -0.15) is 0 Å². The standard InChI is InChI=1S/C23H26N2O4S/c1-14(2)25-16(4)10-19(17(25)5)21(26)11-29-23(27)20-13-30-22(24-20)12-28-18-8-6-15(3)7-9-18/h6-10,13-14H,11-12H2,1-5H3. The first-order chi connectivity index (χ1) is 14.3. The highest BCUT2D eigenvalue weighted by Crippen LogP contribution is 2.21. The van der Waals surface area contributed by atoms with Crippen molar-refractivity contribution in [3.8, 4) is 5.75 Å². The van der Waals surface area contributed by atoms with Crippen LogP contribution in [0.25, 0.3) is 0 Å². The van der Waals surface area contributed by atoms with E-state index in [1.165, 1.54) is 11.3 Å². The van der Waals surface area contributed by atoms with Gasteiger partial charge in [-0.3, -0.25) is 4.79 Å². The third-order valence-corrected chi connectivity index (χ3v) is 5.60. The summed E-state index contributed by atoms with van der Waals surface area (Å²) in [6.45, 7) is 9.96. The maximum absolute atomic E-state index is 12.5. The van der Waals surface area contributed by atoms with E-state index in [1.54, 1.807) is 5.38 Å². The quantitative estimate of drug-likeness (QED) is 0.371. The Morgan fingerprint density at radius 3 is 2.47 bits per heavy atom. The highest BCUT2D eigenvalue weighted by Gasteiger charge is 2.20. The number of ether oxygens (including phenoxy) is 2. The second-order valence-corrected chi connectivity index (χ2v) is 8.42. The fourth-order valence-electron chi connectivity index (χ4n) is 3.39. The Morgan fingerprint density at radius 2 is 1.83 bits per heavy atom. The average Bonchev–Trinajstić information content (AvgIpc) is 3.29. The van der Waals surface area contributed by atoms with Crippen LogP contribution in [0.15, 0.2) is 35.7 Å². The maximum atomic E-state index is 12.5. The lowest BCUT2D eigenvalue weighted by Gasteiger charge is -2.13. The van der Waals surface area contributed by atoms with E-state index in [-0.39, 0.29) is 30.7 Å². The van der Waals surface area contributed by atoms with Gasteiger partial charge in [0.2, 0.25) is 5.78 Å². The molecule has 2 heterocycles. The molecular weight excluding hydrogens is 400 g/mol. The van der Waals surface area contributed by atoms with Gasteiger partial charge in [0.05, 0.1) is 0 Å². The molecule has 0 aliphatic carbocycles. The number of esters is 1. The summed E-state index contributed by atoms with van der Waals surface area (Å²) in [6, 6.07) is 9.81. The third-order valence-electron chi connectivity index (χ3n) is 4.78. The number of rotatable bonds is 8. The Morgan fingerprint density at radius 1 is 1.13 bits per heavy atom. The van der Waals surface area contributed by atoms with Gasteiger partial charge in [-0.25, -0.2) is 9.78 Å². The molecule has 1 aromatic carbocycles. The maximum Gasteiger partial charge on any atom is 0.358 e. The molecule has 7 heteroatoms. The Labute approximate surface area is 180 Å². The number of carbonyl (C=O) groups excluding carboxylic acids is 2. The monoisotopic (exact) mass is 426 g/mol. The topological polar surface area (TPSA) is 70.4 Å². The van der Waals surface area contributed by atoms with E-state index in [9.17, 15) is 9.59 Å². The van der Waals surface area contributed by atoms with Crippen LogP contribution in [0.3, 0.4) is 0 Å². The third kappa shape index (κ3) is 4.97. The molecule has 0 amide bonds. The molecule has 158 valence electrons. The predicted molar refractivity (Wildman–Crippen MR) is 117 cm³/mol. The van der Waals surface area contributed by atoms with E-state index in [4.69, 9.17) is 9.47 Å². The molecule has 30 heavy (non-hydrogen) atoms. The number of ketones is 1. The summed E-state index contributed by atoms with van der Waals surface area (Å²) in [7, 11) is 0. The summed E-state index contributed by atoms with van der Waals surface area (Å²) in [6.07, 6.45) is 0. The normalized spacial score (nSPS) is 11.0. The first-order valence-corrected chi connectivity index (χ1v) is 10.7. The molecule has 0 fully saturated rings. The number of carbonyl (C=O) groups is 2. The highest BCUT2D eigenvalue weighted by atomic mass is 32.1. The molecule has 0 aliphatic heterocycles. The van der Waals surface area contributed by atoms with Gasteiger partial charge in [0.25, 0.3) is 0 Å². The highest BCUT2D eigenvalue weighted by molar-refractivity contribution is 7.09. The van der Waals surface area contributed by atoms with Crippen molar-refractivity contribution >= 4 is 23.1 Å². The van der Waals surface area contributed by atoms with E-state index in [2.05, 4.69) is 23.4 Å². The summed E-state index contributed by atoms with van der Waals surface area (Å²) in [5.41, 5.74) is 3.81. The molecule has 0 aliphatic rings. The zero-order chi connectivity index (χ0) is 21.8. The van der Waals surface area contributed by atoms with Crippen molar-refractivity contribution in [2.75, 3.05) is 6.61 Å². The van der Waals surface area contributed by atoms with E-state index in [0.29, 0.717) is 10.6 Å². The van der Waals surface area contributed by atoms with Crippen molar-refractivity contribution in [1.82, 2.24) is 9.55 Å². The van der Waals surface area contributed by atoms with Crippen LogP contribution in [0, 0.1) is 20.8 Å². The van der Waals surface area contributed by atoms with Gasteiger partial charge in [0.1, 0.15) is 17.4 Å². The fourth-order valence-corrected chi connectivity index (χ4v) is 4.06. The van der Waals surface area contributed by atoms with Crippen molar-refractivity contribution in [2.45, 2.75) is 47.3 Å². The minimum Gasteiger partial charge on any atom is -0.486 e. The number of nitrogens with zero attached hydrogens (tertiary/aromatic N) is 2.